The predicted molar refractivity (Wildman–Crippen MR) is 69.4 cm³/mol. The van der Waals surface area contributed by atoms with Gasteiger partial charge >= 0.3 is 6.03 Å². The highest BCUT2D eigenvalue weighted by molar-refractivity contribution is 7.80. The lowest BCUT2D eigenvalue weighted by molar-refractivity contribution is 0.222. The van der Waals surface area contributed by atoms with Gasteiger partial charge < -0.3 is 16.4 Å². The molecule has 1 saturated carbocycles. The van der Waals surface area contributed by atoms with E-state index in [4.69, 9.17) is 18.0 Å². The number of carbonyl (C=O) groups excluding carboxylic acids is 1. The molecule has 0 heterocycles. The summed E-state index contributed by atoms with van der Waals surface area (Å²) in [5.74, 6) is 0. The summed E-state index contributed by atoms with van der Waals surface area (Å²) in [6.07, 6.45) is 5.04. The minimum atomic E-state index is -0.466. The molecule has 2 amide bonds. The zero-order chi connectivity index (χ0) is 12.2. The molecule has 0 radical (unpaired) electrons. The van der Waals surface area contributed by atoms with Gasteiger partial charge in [-0.25, -0.2) is 4.79 Å². The number of hydrogen-bond acceptors (Lipinski definition) is 2. The maximum absolute atomic E-state index is 11.7. The van der Waals surface area contributed by atoms with Crippen LogP contribution in [0.5, 0.6) is 0 Å². The van der Waals surface area contributed by atoms with Crippen molar-refractivity contribution in [3.8, 4) is 0 Å². The van der Waals surface area contributed by atoms with Gasteiger partial charge in [-0.15, -0.1) is 0 Å². The second-order valence-corrected chi connectivity index (χ2v) is 5.20. The molecule has 1 aliphatic carbocycles. The van der Waals surface area contributed by atoms with Crippen molar-refractivity contribution in [2.45, 2.75) is 57.5 Å². The Morgan fingerprint density at radius 1 is 1.31 bits per heavy atom. The van der Waals surface area contributed by atoms with Gasteiger partial charge in [0.05, 0.1) is 10.5 Å². The standard InChI is InChI=1S/C11H21N3OS/c1-8(2)13-10(15)14-11(9(12)16)6-4-3-5-7-11/h8H,3-7H2,1-2H3,(H2,12,16)(H2,13,14,15). The predicted octanol–water partition coefficient (Wildman–Crippen LogP) is 1.68. The molecule has 1 rings (SSSR count). The van der Waals surface area contributed by atoms with Gasteiger partial charge in [0.2, 0.25) is 0 Å². The van der Waals surface area contributed by atoms with Crippen LogP contribution in [0.15, 0.2) is 0 Å². The summed E-state index contributed by atoms with van der Waals surface area (Å²) >= 11 is 5.09. The fourth-order valence-electron chi connectivity index (χ4n) is 2.10. The summed E-state index contributed by atoms with van der Waals surface area (Å²) in [6, 6.07) is -0.0586. The highest BCUT2D eigenvalue weighted by Gasteiger charge is 2.36. The SMILES string of the molecule is CC(C)NC(=O)NC1(C(N)=S)CCCCC1. The third kappa shape index (κ3) is 3.33. The van der Waals surface area contributed by atoms with Crippen LogP contribution in [0.3, 0.4) is 0 Å². The molecule has 0 atom stereocenters. The molecule has 0 bridgehead atoms. The van der Waals surface area contributed by atoms with E-state index in [0.29, 0.717) is 4.99 Å². The Labute approximate surface area is 102 Å². The molecule has 1 aliphatic rings. The second-order valence-electron chi connectivity index (χ2n) is 4.76. The highest BCUT2D eigenvalue weighted by atomic mass is 32.1. The minimum Gasteiger partial charge on any atom is -0.391 e. The quantitative estimate of drug-likeness (QED) is 0.661. The number of nitrogens with two attached hydrogens (primary N) is 1. The van der Waals surface area contributed by atoms with E-state index in [1.54, 1.807) is 0 Å². The van der Waals surface area contributed by atoms with Gasteiger partial charge in [0.15, 0.2) is 0 Å². The Kier molecular flexibility index (Phi) is 4.53. The Morgan fingerprint density at radius 2 is 1.88 bits per heavy atom. The summed E-state index contributed by atoms with van der Waals surface area (Å²) in [7, 11) is 0. The average Bonchev–Trinajstić information content (AvgIpc) is 2.17. The zero-order valence-corrected chi connectivity index (χ0v) is 10.8. The largest absolute Gasteiger partial charge is 0.391 e. The van der Waals surface area contributed by atoms with Crippen LogP contribution in [-0.4, -0.2) is 22.6 Å². The van der Waals surface area contributed by atoms with Crippen molar-refractivity contribution < 1.29 is 4.79 Å². The van der Waals surface area contributed by atoms with Crippen molar-refractivity contribution in [3.05, 3.63) is 0 Å². The van der Waals surface area contributed by atoms with Crippen LogP contribution in [0.1, 0.15) is 46.0 Å². The number of nitrogens with one attached hydrogen (secondary N) is 2. The summed E-state index contributed by atoms with van der Waals surface area (Å²) in [4.78, 5) is 12.1. The molecule has 16 heavy (non-hydrogen) atoms. The van der Waals surface area contributed by atoms with Crippen molar-refractivity contribution in [2.24, 2.45) is 5.73 Å². The average molecular weight is 243 g/mol. The second kappa shape index (κ2) is 5.48. The van der Waals surface area contributed by atoms with Crippen molar-refractivity contribution >= 4 is 23.2 Å². The van der Waals surface area contributed by atoms with Crippen LogP contribution < -0.4 is 16.4 Å². The molecule has 4 N–H and O–H groups in total. The Hall–Kier alpha value is -0.840. The number of rotatable bonds is 3. The highest BCUT2D eigenvalue weighted by Crippen LogP contribution is 2.28. The van der Waals surface area contributed by atoms with Gasteiger partial charge in [-0.1, -0.05) is 31.5 Å². The Morgan fingerprint density at radius 3 is 2.31 bits per heavy atom. The first-order valence-electron chi connectivity index (χ1n) is 5.85. The number of thiocarbonyl (C=S) groups is 1. The minimum absolute atomic E-state index is 0.118. The lowest BCUT2D eigenvalue weighted by Gasteiger charge is -2.37. The summed E-state index contributed by atoms with van der Waals surface area (Å²) in [5.41, 5.74) is 5.30. The van der Waals surface area contributed by atoms with E-state index < -0.39 is 5.54 Å². The normalized spacial score (nSPS) is 19.2. The number of urea groups is 1. The van der Waals surface area contributed by atoms with E-state index in [-0.39, 0.29) is 12.1 Å². The molecule has 4 nitrogen and oxygen atoms in total. The van der Waals surface area contributed by atoms with Crippen molar-refractivity contribution in [1.29, 1.82) is 0 Å². The fraction of sp³-hybridized carbons (Fsp3) is 0.818. The molecule has 5 heteroatoms. The van der Waals surface area contributed by atoms with E-state index in [1.807, 2.05) is 13.8 Å². The van der Waals surface area contributed by atoms with E-state index in [9.17, 15) is 4.79 Å². The van der Waals surface area contributed by atoms with E-state index in [1.165, 1.54) is 6.42 Å². The van der Waals surface area contributed by atoms with Crippen molar-refractivity contribution in [1.82, 2.24) is 10.6 Å². The smallest absolute Gasteiger partial charge is 0.315 e. The van der Waals surface area contributed by atoms with E-state index in [2.05, 4.69) is 10.6 Å². The van der Waals surface area contributed by atoms with Gasteiger partial charge in [-0.05, 0) is 26.7 Å². The molecule has 0 aromatic heterocycles. The summed E-state index contributed by atoms with van der Waals surface area (Å²) < 4.78 is 0. The van der Waals surface area contributed by atoms with Crippen LogP contribution in [0.25, 0.3) is 0 Å². The first kappa shape index (κ1) is 13.2. The van der Waals surface area contributed by atoms with E-state index in [0.717, 1.165) is 25.7 Å². The van der Waals surface area contributed by atoms with Gasteiger partial charge in [0.25, 0.3) is 0 Å². The van der Waals surface area contributed by atoms with Crippen LogP contribution in [0.4, 0.5) is 4.79 Å². The third-order valence-corrected chi connectivity index (χ3v) is 3.34. The maximum atomic E-state index is 11.7. The molecule has 0 aliphatic heterocycles. The maximum Gasteiger partial charge on any atom is 0.315 e. The lowest BCUT2D eigenvalue weighted by atomic mass is 9.81. The molecule has 0 saturated heterocycles. The van der Waals surface area contributed by atoms with Gasteiger partial charge in [-0.2, -0.15) is 0 Å². The Bertz CT molecular complexity index is 272. The zero-order valence-electron chi connectivity index (χ0n) is 10.0. The van der Waals surface area contributed by atoms with Crippen LogP contribution >= 0.6 is 12.2 Å². The molecule has 0 unspecified atom stereocenters. The summed E-state index contributed by atoms with van der Waals surface area (Å²) in [5, 5.41) is 5.75. The number of carbonyl (C=O) groups is 1. The molecule has 0 aromatic carbocycles. The molecule has 0 spiro atoms. The number of amides is 2. The van der Waals surface area contributed by atoms with Crippen LogP contribution in [0, 0.1) is 0 Å². The monoisotopic (exact) mass is 243 g/mol. The topological polar surface area (TPSA) is 67.2 Å². The lowest BCUT2D eigenvalue weighted by Crippen LogP contribution is -2.60. The van der Waals surface area contributed by atoms with Crippen molar-refractivity contribution in [3.63, 3.8) is 0 Å². The fourth-order valence-corrected chi connectivity index (χ4v) is 2.36. The van der Waals surface area contributed by atoms with E-state index >= 15 is 0 Å². The van der Waals surface area contributed by atoms with Gasteiger partial charge in [0.1, 0.15) is 0 Å². The number of hydrogen-bond donors (Lipinski definition) is 3. The van der Waals surface area contributed by atoms with Gasteiger partial charge in [0, 0.05) is 6.04 Å². The first-order chi connectivity index (χ1) is 7.46. The molecule has 92 valence electrons. The molecular weight excluding hydrogens is 222 g/mol. The van der Waals surface area contributed by atoms with Crippen molar-refractivity contribution in [2.75, 3.05) is 0 Å². The third-order valence-electron chi connectivity index (χ3n) is 2.95. The Balaban J connectivity index is 2.64. The van der Waals surface area contributed by atoms with Crippen LogP contribution in [0.2, 0.25) is 0 Å². The summed E-state index contributed by atoms with van der Waals surface area (Å²) in [6.45, 7) is 3.85. The molecule has 1 fully saturated rings. The molecular formula is C11H21N3OS. The first-order valence-corrected chi connectivity index (χ1v) is 6.26. The van der Waals surface area contributed by atoms with Gasteiger partial charge in [-0.3, -0.25) is 0 Å². The van der Waals surface area contributed by atoms with Crippen LogP contribution in [-0.2, 0) is 0 Å². The molecule has 0 aromatic rings.